The lowest BCUT2D eigenvalue weighted by Gasteiger charge is -2.24. The number of carbonyl (C=O) groups is 2. The van der Waals surface area contributed by atoms with E-state index in [-0.39, 0.29) is 35.6 Å². The Labute approximate surface area is 207 Å². The summed E-state index contributed by atoms with van der Waals surface area (Å²) >= 11 is 1.24. The van der Waals surface area contributed by atoms with E-state index in [4.69, 9.17) is 0 Å². The molecule has 3 rings (SSSR count). The number of thiazole rings is 1. The molecule has 1 saturated heterocycles. The number of ketones is 1. The van der Waals surface area contributed by atoms with Gasteiger partial charge in [-0.25, -0.2) is 9.97 Å². The van der Waals surface area contributed by atoms with Gasteiger partial charge in [-0.2, -0.15) is 0 Å². The van der Waals surface area contributed by atoms with Crippen molar-refractivity contribution in [1.82, 2.24) is 14.9 Å². The lowest BCUT2D eigenvalue weighted by atomic mass is 9.88. The molecule has 1 fully saturated rings. The molecule has 8 heteroatoms. The van der Waals surface area contributed by atoms with Crippen molar-refractivity contribution in [3.8, 4) is 10.4 Å². The third-order valence-corrected chi connectivity index (χ3v) is 7.57. The number of pyridine rings is 1. The molecule has 0 saturated carbocycles. The van der Waals surface area contributed by atoms with Crippen LogP contribution in [0.25, 0.3) is 10.4 Å². The van der Waals surface area contributed by atoms with Gasteiger partial charge >= 0.3 is 0 Å². The second kappa shape index (κ2) is 9.74. The van der Waals surface area contributed by atoms with E-state index in [1.165, 1.54) is 11.3 Å². The van der Waals surface area contributed by atoms with Crippen molar-refractivity contribution in [1.29, 1.82) is 0 Å². The van der Waals surface area contributed by atoms with Gasteiger partial charge in [-0.3, -0.25) is 9.59 Å². The van der Waals surface area contributed by atoms with Gasteiger partial charge in [-0.15, -0.1) is 11.3 Å². The summed E-state index contributed by atoms with van der Waals surface area (Å²) in [7, 11) is 0. The van der Waals surface area contributed by atoms with Gasteiger partial charge in [-0.05, 0) is 78.9 Å². The van der Waals surface area contributed by atoms with E-state index in [1.54, 1.807) is 20.0 Å². The van der Waals surface area contributed by atoms with Crippen LogP contribution in [0.4, 0.5) is 5.82 Å². The van der Waals surface area contributed by atoms with Crippen LogP contribution in [0.1, 0.15) is 93.6 Å². The number of anilines is 1. The Bertz CT molecular complexity index is 1060. The molecule has 186 valence electrons. The molecule has 7 nitrogen and oxygen atoms in total. The van der Waals surface area contributed by atoms with Crippen LogP contribution in [-0.4, -0.2) is 55.4 Å². The minimum Gasteiger partial charge on any atom is -0.390 e. The van der Waals surface area contributed by atoms with Gasteiger partial charge in [0.05, 0.1) is 10.5 Å². The van der Waals surface area contributed by atoms with Gasteiger partial charge in [0.1, 0.15) is 11.5 Å². The molecule has 3 heterocycles. The minimum absolute atomic E-state index is 0.130. The highest BCUT2D eigenvalue weighted by atomic mass is 32.1. The molecule has 1 amide bonds. The fourth-order valence-corrected chi connectivity index (χ4v) is 5.08. The van der Waals surface area contributed by atoms with E-state index >= 15 is 0 Å². The molecular weight excluding hydrogens is 448 g/mol. The third kappa shape index (κ3) is 6.02. The van der Waals surface area contributed by atoms with Gasteiger partial charge in [0.2, 0.25) is 0 Å². The maximum absolute atomic E-state index is 13.5. The van der Waals surface area contributed by atoms with E-state index in [0.717, 1.165) is 29.8 Å². The fourth-order valence-electron chi connectivity index (χ4n) is 4.00. The van der Waals surface area contributed by atoms with Crippen molar-refractivity contribution in [3.63, 3.8) is 0 Å². The number of hydrogen-bond donors (Lipinski definition) is 2. The molecule has 0 spiro atoms. The first-order valence-electron chi connectivity index (χ1n) is 12.0. The van der Waals surface area contributed by atoms with Crippen LogP contribution >= 0.6 is 11.3 Å². The van der Waals surface area contributed by atoms with Gasteiger partial charge in [0.15, 0.2) is 10.8 Å². The Morgan fingerprint density at radius 3 is 2.50 bits per heavy atom. The van der Waals surface area contributed by atoms with E-state index in [1.807, 2.05) is 31.7 Å². The summed E-state index contributed by atoms with van der Waals surface area (Å²) in [6, 6.07) is 2.11. The molecule has 0 unspecified atom stereocenters. The lowest BCUT2D eigenvalue weighted by Crippen LogP contribution is -2.34. The van der Waals surface area contributed by atoms with E-state index in [9.17, 15) is 14.7 Å². The number of amides is 1. The van der Waals surface area contributed by atoms with E-state index < -0.39 is 5.60 Å². The van der Waals surface area contributed by atoms with Crippen LogP contribution in [-0.2, 0) is 0 Å². The zero-order valence-electron chi connectivity index (χ0n) is 21.7. The van der Waals surface area contributed by atoms with Crippen molar-refractivity contribution in [3.05, 3.63) is 28.5 Å². The van der Waals surface area contributed by atoms with Crippen LogP contribution in [0.5, 0.6) is 0 Å². The summed E-state index contributed by atoms with van der Waals surface area (Å²) in [6.45, 7) is 16.2. The zero-order valence-corrected chi connectivity index (χ0v) is 22.5. The summed E-state index contributed by atoms with van der Waals surface area (Å²) in [5, 5.41) is 14.0. The topological polar surface area (TPSA) is 95.4 Å². The highest BCUT2D eigenvalue weighted by molar-refractivity contribution is 7.17. The lowest BCUT2D eigenvalue weighted by molar-refractivity contribution is 0.0213. The number of hydrogen-bond acceptors (Lipinski definition) is 7. The molecule has 34 heavy (non-hydrogen) atoms. The number of carbonyl (C=O) groups excluding carboxylic acids is 2. The van der Waals surface area contributed by atoms with Crippen LogP contribution < -0.4 is 5.32 Å². The average Bonchev–Trinajstić information content (AvgIpc) is 3.32. The molecule has 1 aliphatic rings. The third-order valence-electron chi connectivity index (χ3n) is 6.44. The predicted octanol–water partition coefficient (Wildman–Crippen LogP) is 5.33. The van der Waals surface area contributed by atoms with Crippen LogP contribution in [0, 0.1) is 12.8 Å². The highest BCUT2D eigenvalue weighted by Crippen LogP contribution is 2.36. The largest absolute Gasteiger partial charge is 0.390 e. The first-order chi connectivity index (χ1) is 15.7. The van der Waals surface area contributed by atoms with Crippen molar-refractivity contribution >= 4 is 28.8 Å². The minimum atomic E-state index is -0.976. The SMILES string of the molecule is Cc1cc(NC(C)(C)C)ncc1-c1sc(C(=O)C[C@@H](C)C(C)(C)O)nc1C(=O)N1CCC[C@@H]1C. The van der Waals surface area contributed by atoms with E-state index in [0.29, 0.717) is 22.1 Å². The summed E-state index contributed by atoms with van der Waals surface area (Å²) in [5.74, 6) is 0.221. The van der Waals surface area contributed by atoms with E-state index in [2.05, 4.69) is 36.1 Å². The molecule has 0 aromatic carbocycles. The first kappa shape index (κ1) is 26.3. The predicted molar refractivity (Wildman–Crippen MR) is 138 cm³/mol. The number of Topliss-reactive ketones (excluding diaryl/α,β-unsaturated/α-hetero) is 1. The Balaban J connectivity index is 2.03. The maximum Gasteiger partial charge on any atom is 0.274 e. The smallest absolute Gasteiger partial charge is 0.274 e. The van der Waals surface area contributed by atoms with Crippen LogP contribution in [0.15, 0.2) is 12.3 Å². The molecular formula is C26H38N4O3S. The zero-order chi connectivity index (χ0) is 25.4. The number of nitrogens with zero attached hydrogens (tertiary/aromatic N) is 3. The highest BCUT2D eigenvalue weighted by Gasteiger charge is 2.33. The van der Waals surface area contributed by atoms with Crippen molar-refractivity contribution in [2.75, 3.05) is 11.9 Å². The van der Waals surface area contributed by atoms with Crippen LogP contribution in [0.2, 0.25) is 0 Å². The van der Waals surface area contributed by atoms with Crippen molar-refractivity contribution in [2.24, 2.45) is 5.92 Å². The van der Waals surface area contributed by atoms with Gasteiger partial charge in [0.25, 0.3) is 5.91 Å². The number of likely N-dealkylation sites (tertiary alicyclic amines) is 1. The number of aromatic nitrogens is 2. The summed E-state index contributed by atoms with van der Waals surface area (Å²) < 4.78 is 0. The first-order valence-corrected chi connectivity index (χ1v) is 12.8. The molecule has 2 N–H and O–H groups in total. The number of rotatable bonds is 7. The average molecular weight is 487 g/mol. The van der Waals surface area contributed by atoms with Crippen molar-refractivity contribution < 1.29 is 14.7 Å². The number of aliphatic hydroxyl groups is 1. The van der Waals surface area contributed by atoms with Gasteiger partial charge in [-0.1, -0.05) is 6.92 Å². The fraction of sp³-hybridized carbons (Fsp3) is 0.615. The molecule has 2 aromatic heterocycles. The van der Waals surface area contributed by atoms with Gasteiger partial charge in [0, 0.05) is 36.3 Å². The Morgan fingerprint density at radius 2 is 1.97 bits per heavy atom. The Kier molecular flexibility index (Phi) is 7.53. The summed E-state index contributed by atoms with van der Waals surface area (Å²) in [4.78, 5) is 38.3. The Morgan fingerprint density at radius 1 is 1.29 bits per heavy atom. The quantitative estimate of drug-likeness (QED) is 0.514. The molecule has 0 radical (unpaired) electrons. The molecule has 2 aromatic rings. The van der Waals surface area contributed by atoms with Crippen molar-refractivity contribution in [2.45, 2.75) is 91.8 Å². The molecule has 0 bridgehead atoms. The number of nitrogens with one attached hydrogen (secondary N) is 1. The molecule has 2 atom stereocenters. The second-order valence-corrected chi connectivity index (χ2v) is 12.1. The standard InChI is InChI=1S/C26H38N4O3S/c1-15-12-20(29-25(4,5)6)27-14-18(15)22-21(24(32)30-11-9-10-17(30)3)28-23(34-22)19(31)13-16(2)26(7,8)33/h12,14,16-17,33H,9-11,13H2,1-8H3,(H,27,29)/t16-,17+/m1/s1. The Hall–Kier alpha value is -2.32. The monoisotopic (exact) mass is 486 g/mol. The molecule has 0 aliphatic carbocycles. The molecule has 1 aliphatic heterocycles. The summed E-state index contributed by atoms with van der Waals surface area (Å²) in [6.07, 6.45) is 3.85. The summed E-state index contributed by atoms with van der Waals surface area (Å²) in [5.41, 5.74) is 0.976. The number of aryl methyl sites for hydroxylation is 1. The maximum atomic E-state index is 13.5. The van der Waals surface area contributed by atoms with Gasteiger partial charge < -0.3 is 15.3 Å². The normalized spacial score (nSPS) is 17.7. The second-order valence-electron chi connectivity index (χ2n) is 11.1. The van der Waals surface area contributed by atoms with Crippen LogP contribution in [0.3, 0.4) is 0 Å².